The molecular weight excluding hydrogens is 500 g/mol. The van der Waals surface area contributed by atoms with E-state index in [9.17, 15) is 9.59 Å². The summed E-state index contributed by atoms with van der Waals surface area (Å²) in [6, 6.07) is 13.9. The van der Waals surface area contributed by atoms with E-state index in [0.29, 0.717) is 41.5 Å². The van der Waals surface area contributed by atoms with E-state index in [1.807, 2.05) is 55.1 Å². The number of hydrogen-bond donors (Lipinski definition) is 0. The molecule has 0 radical (unpaired) electrons. The summed E-state index contributed by atoms with van der Waals surface area (Å²) in [6.07, 6.45) is 1.89. The van der Waals surface area contributed by atoms with Crippen LogP contribution in [0.4, 0.5) is 5.69 Å². The van der Waals surface area contributed by atoms with Crippen LogP contribution >= 0.6 is 11.8 Å². The number of amides is 1. The Kier molecular flexibility index (Phi) is 6.35. The first-order valence-electron chi connectivity index (χ1n) is 12.8. The molecule has 2 aromatic heterocycles. The highest BCUT2D eigenvalue weighted by molar-refractivity contribution is 7.99. The van der Waals surface area contributed by atoms with Gasteiger partial charge in [-0.1, -0.05) is 29.5 Å². The third-order valence-electron chi connectivity index (χ3n) is 7.43. The highest BCUT2D eigenvalue weighted by Crippen LogP contribution is 2.34. The van der Waals surface area contributed by atoms with Crippen molar-refractivity contribution in [2.24, 2.45) is 0 Å². The Labute approximate surface area is 225 Å². The molecule has 1 atom stereocenters. The molecule has 2 aliphatic rings. The second-order valence-corrected chi connectivity index (χ2v) is 10.9. The Morgan fingerprint density at radius 2 is 1.84 bits per heavy atom. The second-order valence-electron chi connectivity index (χ2n) is 9.89. The van der Waals surface area contributed by atoms with Crippen LogP contribution < -0.4 is 15.2 Å². The van der Waals surface area contributed by atoms with Gasteiger partial charge in [0.1, 0.15) is 11.1 Å². The molecule has 1 amide bonds. The number of thioether (sulfide) groups is 1. The molecule has 1 unspecified atom stereocenters. The molecule has 0 bridgehead atoms. The summed E-state index contributed by atoms with van der Waals surface area (Å²) in [4.78, 5) is 35.8. The summed E-state index contributed by atoms with van der Waals surface area (Å²) in [5.41, 5.74) is 4.70. The van der Waals surface area contributed by atoms with Gasteiger partial charge in [0.25, 0.3) is 5.56 Å². The van der Waals surface area contributed by atoms with Gasteiger partial charge in [0, 0.05) is 44.0 Å². The minimum Gasteiger partial charge on any atom is -0.497 e. The van der Waals surface area contributed by atoms with Crippen LogP contribution in [0.5, 0.6) is 5.75 Å². The predicted molar refractivity (Wildman–Crippen MR) is 149 cm³/mol. The molecule has 38 heavy (non-hydrogen) atoms. The summed E-state index contributed by atoms with van der Waals surface area (Å²) in [7, 11) is 1.66. The second kappa shape index (κ2) is 9.83. The molecule has 1 saturated heterocycles. The predicted octanol–water partition coefficient (Wildman–Crippen LogP) is 3.59. The largest absolute Gasteiger partial charge is 0.497 e. The minimum absolute atomic E-state index is 0.0794. The molecule has 0 saturated carbocycles. The van der Waals surface area contributed by atoms with Gasteiger partial charge in [-0.2, -0.15) is 5.10 Å². The number of hydrogen-bond acceptors (Lipinski definition) is 7. The number of rotatable bonds is 5. The number of fused-ring (bicyclic) bond motifs is 2. The maximum absolute atomic E-state index is 13.5. The van der Waals surface area contributed by atoms with Gasteiger partial charge in [0.05, 0.1) is 25.0 Å². The molecule has 0 aliphatic carbocycles. The number of anilines is 1. The van der Waals surface area contributed by atoms with Crippen molar-refractivity contribution in [3.8, 4) is 11.4 Å². The van der Waals surface area contributed by atoms with Crippen molar-refractivity contribution in [2.45, 2.75) is 31.5 Å². The Hall–Kier alpha value is -3.79. The van der Waals surface area contributed by atoms with E-state index in [0.717, 1.165) is 35.8 Å². The third kappa shape index (κ3) is 4.32. The number of aryl methyl sites for hydroxylation is 2. The zero-order chi connectivity index (χ0) is 26.4. The molecule has 0 spiro atoms. The van der Waals surface area contributed by atoms with Crippen molar-refractivity contribution >= 4 is 34.4 Å². The molecule has 0 N–H and O–H groups in total. The van der Waals surface area contributed by atoms with Crippen LogP contribution in [0, 0.1) is 13.8 Å². The SMILES string of the molecule is COc1ccc(N2CCN(C(=O)CC3CSc4nc5c(cnn5-c5ccc(C)cc5C)c(=O)n43)CC2)cc1. The molecule has 2 aliphatic heterocycles. The maximum atomic E-state index is 13.5. The van der Waals surface area contributed by atoms with Gasteiger partial charge in [-0.05, 0) is 49.7 Å². The number of nitrogens with zero attached hydrogens (tertiary/aromatic N) is 6. The quantitative estimate of drug-likeness (QED) is 0.365. The summed E-state index contributed by atoms with van der Waals surface area (Å²) in [5.74, 6) is 1.57. The van der Waals surface area contributed by atoms with E-state index in [1.54, 1.807) is 22.6 Å². The summed E-state index contributed by atoms with van der Waals surface area (Å²) in [5, 5.41) is 5.63. The zero-order valence-electron chi connectivity index (χ0n) is 21.8. The van der Waals surface area contributed by atoms with Gasteiger partial charge in [-0.25, -0.2) is 9.67 Å². The van der Waals surface area contributed by atoms with Gasteiger partial charge < -0.3 is 14.5 Å². The number of ether oxygens (including phenoxy) is 1. The van der Waals surface area contributed by atoms with Crippen LogP contribution in [0.1, 0.15) is 23.6 Å². The van der Waals surface area contributed by atoms with Crippen LogP contribution in [-0.4, -0.2) is 69.2 Å². The van der Waals surface area contributed by atoms with Gasteiger partial charge in [0.15, 0.2) is 10.8 Å². The van der Waals surface area contributed by atoms with E-state index in [4.69, 9.17) is 9.72 Å². The van der Waals surface area contributed by atoms with E-state index in [-0.39, 0.29) is 17.5 Å². The average Bonchev–Trinajstić information content (AvgIpc) is 3.54. The van der Waals surface area contributed by atoms with Crippen molar-refractivity contribution < 1.29 is 9.53 Å². The number of benzene rings is 2. The molecule has 9 nitrogen and oxygen atoms in total. The molecular formula is C28H30N6O3S. The smallest absolute Gasteiger partial charge is 0.265 e. The van der Waals surface area contributed by atoms with Gasteiger partial charge in [0.2, 0.25) is 5.91 Å². The first kappa shape index (κ1) is 24.5. The van der Waals surface area contributed by atoms with Crippen LogP contribution in [0.15, 0.2) is 58.6 Å². The normalized spacial score (nSPS) is 17.2. The third-order valence-corrected chi connectivity index (χ3v) is 8.53. The van der Waals surface area contributed by atoms with Gasteiger partial charge >= 0.3 is 0 Å². The molecule has 4 heterocycles. The Bertz CT molecular complexity index is 1570. The molecule has 10 heteroatoms. The molecule has 6 rings (SSSR count). The van der Waals surface area contributed by atoms with Gasteiger partial charge in [-0.3, -0.25) is 14.2 Å². The number of piperazine rings is 1. The van der Waals surface area contributed by atoms with Crippen molar-refractivity contribution in [1.82, 2.24) is 24.2 Å². The standard InChI is InChI=1S/C28H30N6O3S/c1-18-4-9-24(19(2)14-18)34-26-23(16-29-34)27(36)33-21(17-38-28(33)30-26)15-25(35)32-12-10-31(11-13-32)20-5-7-22(37-3)8-6-20/h4-9,14,16,21H,10-13,15,17H2,1-3H3. The Balaban J connectivity index is 1.17. The van der Waals surface area contributed by atoms with Crippen LogP contribution in [0.25, 0.3) is 16.7 Å². The lowest BCUT2D eigenvalue weighted by Gasteiger charge is -2.36. The van der Waals surface area contributed by atoms with Crippen molar-refractivity contribution in [2.75, 3.05) is 43.9 Å². The highest BCUT2D eigenvalue weighted by atomic mass is 32.2. The molecule has 2 aromatic carbocycles. The molecule has 196 valence electrons. The first-order chi connectivity index (χ1) is 18.4. The lowest BCUT2D eigenvalue weighted by molar-refractivity contribution is -0.132. The lowest BCUT2D eigenvalue weighted by Crippen LogP contribution is -2.49. The monoisotopic (exact) mass is 530 g/mol. The number of carbonyl (C=O) groups excluding carboxylic acids is 1. The van der Waals surface area contributed by atoms with Gasteiger partial charge in [-0.15, -0.1) is 0 Å². The molecule has 4 aromatic rings. The van der Waals surface area contributed by atoms with Crippen LogP contribution in [-0.2, 0) is 4.79 Å². The fraction of sp³-hybridized carbons (Fsp3) is 0.357. The lowest BCUT2D eigenvalue weighted by atomic mass is 10.1. The maximum Gasteiger partial charge on any atom is 0.265 e. The fourth-order valence-electron chi connectivity index (χ4n) is 5.34. The number of carbonyl (C=O) groups is 1. The summed E-state index contributed by atoms with van der Waals surface area (Å²) >= 11 is 1.53. The summed E-state index contributed by atoms with van der Waals surface area (Å²) in [6.45, 7) is 6.94. The fourth-order valence-corrected chi connectivity index (χ4v) is 6.47. The highest BCUT2D eigenvalue weighted by Gasteiger charge is 2.32. The van der Waals surface area contributed by atoms with E-state index in [2.05, 4.69) is 16.1 Å². The van der Waals surface area contributed by atoms with Crippen molar-refractivity contribution in [1.29, 1.82) is 0 Å². The van der Waals surface area contributed by atoms with E-state index >= 15 is 0 Å². The van der Waals surface area contributed by atoms with Crippen molar-refractivity contribution in [3.05, 3.63) is 70.1 Å². The van der Waals surface area contributed by atoms with Crippen molar-refractivity contribution in [3.63, 3.8) is 0 Å². The van der Waals surface area contributed by atoms with Crippen LogP contribution in [0.2, 0.25) is 0 Å². The molecule has 1 fully saturated rings. The Morgan fingerprint density at radius 1 is 1.08 bits per heavy atom. The average molecular weight is 531 g/mol. The minimum atomic E-state index is -0.212. The van der Waals surface area contributed by atoms with Crippen LogP contribution in [0.3, 0.4) is 0 Å². The summed E-state index contributed by atoms with van der Waals surface area (Å²) < 4.78 is 8.69. The van der Waals surface area contributed by atoms with E-state index in [1.165, 1.54) is 17.3 Å². The topological polar surface area (TPSA) is 85.5 Å². The van der Waals surface area contributed by atoms with E-state index < -0.39 is 0 Å². The number of methoxy groups -OCH3 is 1. The number of aromatic nitrogens is 4. The first-order valence-corrected chi connectivity index (χ1v) is 13.8. The Morgan fingerprint density at radius 3 is 2.55 bits per heavy atom. The zero-order valence-corrected chi connectivity index (χ0v) is 22.6.